The van der Waals surface area contributed by atoms with Gasteiger partial charge in [0.25, 0.3) is 0 Å². The van der Waals surface area contributed by atoms with Crippen molar-refractivity contribution in [3.63, 3.8) is 0 Å². The first-order chi connectivity index (χ1) is 6.57. The summed E-state index contributed by atoms with van der Waals surface area (Å²) >= 11 is 0. The number of carboxylic acid groups (broad SMARTS) is 1. The zero-order valence-electron chi connectivity index (χ0n) is 8.03. The third-order valence-corrected chi connectivity index (χ3v) is 1.77. The van der Waals surface area contributed by atoms with E-state index < -0.39 is 17.9 Å². The number of aliphatic carboxylic acids is 1. The second-order valence-electron chi connectivity index (χ2n) is 3.02. The number of amides is 1. The van der Waals surface area contributed by atoms with Crippen molar-refractivity contribution in [1.29, 1.82) is 0 Å². The zero-order chi connectivity index (χ0) is 11.0. The van der Waals surface area contributed by atoms with E-state index in [2.05, 4.69) is 5.32 Å². The van der Waals surface area contributed by atoms with E-state index in [0.29, 0.717) is 13.0 Å². The maximum absolute atomic E-state index is 10.7. The van der Waals surface area contributed by atoms with E-state index in [0.717, 1.165) is 12.8 Å². The summed E-state index contributed by atoms with van der Waals surface area (Å²) in [4.78, 5) is 21.1. The lowest BCUT2D eigenvalue weighted by atomic mass is 10.1. The molecule has 0 aromatic heterocycles. The quantitative estimate of drug-likeness (QED) is 0.363. The van der Waals surface area contributed by atoms with Gasteiger partial charge in [0, 0.05) is 0 Å². The topological polar surface area (TPSA) is 118 Å². The molecule has 14 heavy (non-hydrogen) atoms. The van der Waals surface area contributed by atoms with Crippen LogP contribution in [0.3, 0.4) is 0 Å². The summed E-state index contributed by atoms with van der Waals surface area (Å²) in [7, 11) is 0. The van der Waals surface area contributed by atoms with Crippen LogP contribution >= 0.6 is 0 Å². The van der Waals surface area contributed by atoms with Crippen molar-refractivity contribution in [2.75, 3.05) is 13.1 Å². The van der Waals surface area contributed by atoms with E-state index in [-0.39, 0.29) is 6.54 Å². The average molecular weight is 203 g/mol. The maximum atomic E-state index is 10.7. The van der Waals surface area contributed by atoms with Gasteiger partial charge in [-0.05, 0) is 19.4 Å². The Bertz CT molecular complexity index is 196. The van der Waals surface area contributed by atoms with E-state index >= 15 is 0 Å². The largest absolute Gasteiger partial charge is 0.480 e. The van der Waals surface area contributed by atoms with Crippen LogP contribution in [0.1, 0.15) is 19.3 Å². The number of rotatable bonds is 8. The van der Waals surface area contributed by atoms with Gasteiger partial charge >= 0.3 is 5.97 Å². The highest BCUT2D eigenvalue weighted by molar-refractivity contribution is 5.78. The normalized spacial score (nSPS) is 12.4. The first-order valence-electron chi connectivity index (χ1n) is 4.52. The molecule has 82 valence electrons. The molecule has 0 heterocycles. The van der Waals surface area contributed by atoms with Gasteiger partial charge in [-0.2, -0.15) is 0 Å². The van der Waals surface area contributed by atoms with E-state index in [1.54, 1.807) is 0 Å². The Kier molecular flexibility index (Phi) is 6.69. The molecule has 0 aromatic carbocycles. The molecule has 0 bridgehead atoms. The monoisotopic (exact) mass is 203 g/mol. The highest BCUT2D eigenvalue weighted by Crippen LogP contribution is 2.00. The highest BCUT2D eigenvalue weighted by Gasteiger charge is 2.16. The fourth-order valence-electron chi connectivity index (χ4n) is 1.03. The Morgan fingerprint density at radius 2 is 2.00 bits per heavy atom. The second kappa shape index (κ2) is 7.28. The maximum Gasteiger partial charge on any atom is 0.320 e. The Morgan fingerprint density at radius 1 is 1.36 bits per heavy atom. The fourth-order valence-corrected chi connectivity index (χ4v) is 1.03. The summed E-state index contributed by atoms with van der Waals surface area (Å²) in [6, 6.07) is -0.714. The summed E-state index contributed by atoms with van der Waals surface area (Å²) in [5.74, 6) is -1.53. The molecule has 0 aliphatic rings. The van der Waals surface area contributed by atoms with Crippen LogP contribution < -0.4 is 16.8 Å². The van der Waals surface area contributed by atoms with Gasteiger partial charge in [-0.1, -0.05) is 6.42 Å². The lowest BCUT2D eigenvalue weighted by molar-refractivity contribution is -0.139. The summed E-state index contributed by atoms with van der Waals surface area (Å²) in [6.07, 6.45) is 1.96. The molecule has 0 fully saturated rings. The van der Waals surface area contributed by atoms with Crippen LogP contribution in [-0.4, -0.2) is 36.1 Å². The van der Waals surface area contributed by atoms with Crippen molar-refractivity contribution in [2.24, 2.45) is 11.5 Å². The first kappa shape index (κ1) is 12.9. The number of carboxylic acids is 1. The number of nitrogens with one attached hydrogen (secondary N) is 1. The van der Waals surface area contributed by atoms with Crippen molar-refractivity contribution >= 4 is 11.9 Å². The fraction of sp³-hybridized carbons (Fsp3) is 0.750. The second-order valence-corrected chi connectivity index (χ2v) is 3.02. The minimum Gasteiger partial charge on any atom is -0.480 e. The van der Waals surface area contributed by atoms with Gasteiger partial charge in [-0.25, -0.2) is 0 Å². The highest BCUT2D eigenvalue weighted by atomic mass is 16.4. The minimum absolute atomic E-state index is 0.112. The summed E-state index contributed by atoms with van der Waals surface area (Å²) in [6.45, 7) is 0.432. The summed E-state index contributed by atoms with van der Waals surface area (Å²) < 4.78 is 0. The third-order valence-electron chi connectivity index (χ3n) is 1.77. The van der Waals surface area contributed by atoms with Gasteiger partial charge in [-0.15, -0.1) is 0 Å². The number of primary amides is 1. The van der Waals surface area contributed by atoms with Gasteiger partial charge < -0.3 is 16.6 Å². The number of hydrogen-bond donors (Lipinski definition) is 4. The number of carbonyl (C=O) groups excluding carboxylic acids is 1. The Labute approximate surface area is 82.6 Å². The smallest absolute Gasteiger partial charge is 0.320 e. The predicted molar refractivity (Wildman–Crippen MR) is 51.5 cm³/mol. The standard InChI is InChI=1S/C8H17N3O3/c9-4-2-1-3-6(8(13)14)11-5-7(10)12/h6,11H,1-5,9H2,(H2,10,12)(H,13,14). The molecule has 0 spiro atoms. The molecule has 0 rings (SSSR count). The van der Waals surface area contributed by atoms with Gasteiger partial charge in [0.2, 0.25) is 5.91 Å². The lowest BCUT2D eigenvalue weighted by Gasteiger charge is -2.12. The van der Waals surface area contributed by atoms with Crippen molar-refractivity contribution in [3.8, 4) is 0 Å². The molecule has 1 unspecified atom stereocenters. The molecule has 0 aliphatic carbocycles. The molecular weight excluding hydrogens is 186 g/mol. The molecule has 0 saturated heterocycles. The van der Waals surface area contributed by atoms with E-state index in [4.69, 9.17) is 16.6 Å². The van der Waals surface area contributed by atoms with Gasteiger partial charge in [0.15, 0.2) is 0 Å². The summed E-state index contributed by atoms with van der Waals surface area (Å²) in [5.41, 5.74) is 10.2. The van der Waals surface area contributed by atoms with Crippen molar-refractivity contribution in [1.82, 2.24) is 5.32 Å². The molecule has 6 heteroatoms. The van der Waals surface area contributed by atoms with Crippen LogP contribution in [0.2, 0.25) is 0 Å². The summed E-state index contributed by atoms with van der Waals surface area (Å²) in [5, 5.41) is 11.3. The zero-order valence-corrected chi connectivity index (χ0v) is 8.03. The lowest BCUT2D eigenvalue weighted by Crippen LogP contribution is -2.41. The van der Waals surface area contributed by atoms with Crippen LogP contribution in [0.25, 0.3) is 0 Å². The molecular formula is C8H17N3O3. The molecule has 0 aromatic rings. The van der Waals surface area contributed by atoms with Crippen LogP contribution in [0, 0.1) is 0 Å². The van der Waals surface area contributed by atoms with Gasteiger partial charge in [-0.3, -0.25) is 14.9 Å². The molecule has 0 aliphatic heterocycles. The van der Waals surface area contributed by atoms with Gasteiger partial charge in [0.1, 0.15) is 6.04 Å². The van der Waals surface area contributed by atoms with Crippen molar-refractivity contribution in [3.05, 3.63) is 0 Å². The van der Waals surface area contributed by atoms with Crippen LogP contribution in [0.5, 0.6) is 0 Å². The molecule has 0 saturated carbocycles. The first-order valence-corrected chi connectivity index (χ1v) is 4.52. The van der Waals surface area contributed by atoms with Crippen LogP contribution in [0.15, 0.2) is 0 Å². The van der Waals surface area contributed by atoms with Crippen molar-refractivity contribution < 1.29 is 14.7 Å². The Morgan fingerprint density at radius 3 is 2.43 bits per heavy atom. The minimum atomic E-state index is -0.969. The van der Waals surface area contributed by atoms with E-state index in [1.807, 2.05) is 0 Å². The Hall–Kier alpha value is -1.14. The van der Waals surface area contributed by atoms with Crippen molar-refractivity contribution in [2.45, 2.75) is 25.3 Å². The molecule has 1 amide bonds. The number of nitrogens with two attached hydrogens (primary N) is 2. The van der Waals surface area contributed by atoms with E-state index in [1.165, 1.54) is 0 Å². The van der Waals surface area contributed by atoms with Gasteiger partial charge in [0.05, 0.1) is 6.54 Å². The predicted octanol–water partition coefficient (Wildman–Crippen LogP) is -1.36. The average Bonchev–Trinajstić information content (AvgIpc) is 2.10. The van der Waals surface area contributed by atoms with Crippen LogP contribution in [-0.2, 0) is 9.59 Å². The number of hydrogen-bond acceptors (Lipinski definition) is 4. The Balaban J connectivity index is 3.78. The third kappa shape index (κ3) is 6.38. The SMILES string of the molecule is NCCCCC(NCC(N)=O)C(=O)O. The number of unbranched alkanes of at least 4 members (excludes halogenated alkanes) is 1. The molecule has 0 radical (unpaired) electrons. The van der Waals surface area contributed by atoms with Crippen LogP contribution in [0.4, 0.5) is 0 Å². The molecule has 6 nitrogen and oxygen atoms in total. The number of carbonyl (C=O) groups is 2. The molecule has 6 N–H and O–H groups in total. The van der Waals surface area contributed by atoms with E-state index in [9.17, 15) is 9.59 Å². The molecule has 1 atom stereocenters.